The number of ether oxygens (including phenoxy) is 2. The summed E-state index contributed by atoms with van der Waals surface area (Å²) in [6.07, 6.45) is 2.17. The molecule has 0 saturated heterocycles. The molecule has 0 aliphatic rings. The van der Waals surface area contributed by atoms with E-state index in [2.05, 4.69) is 78.6 Å². The Morgan fingerprint density at radius 3 is 2.50 bits per heavy atom. The molecule has 0 unspecified atom stereocenters. The van der Waals surface area contributed by atoms with Gasteiger partial charge >= 0.3 is 0 Å². The lowest BCUT2D eigenvalue weighted by Gasteiger charge is -2.21. The highest BCUT2D eigenvalue weighted by molar-refractivity contribution is 9.13. The lowest BCUT2D eigenvalue weighted by molar-refractivity contribution is 0.190. The van der Waals surface area contributed by atoms with Gasteiger partial charge in [-0.2, -0.15) is 9.78 Å². The maximum absolute atomic E-state index is 13.1. The maximum atomic E-state index is 13.1. The molecule has 0 amide bonds. The lowest BCUT2D eigenvalue weighted by atomic mass is 9.99. The van der Waals surface area contributed by atoms with Crippen LogP contribution in [-0.2, 0) is 6.42 Å². The van der Waals surface area contributed by atoms with Crippen LogP contribution in [0.4, 0.5) is 0 Å². The number of aromatic nitrogens is 2. The van der Waals surface area contributed by atoms with Crippen LogP contribution in [0.25, 0.3) is 10.9 Å². The van der Waals surface area contributed by atoms with Crippen LogP contribution in [0, 0.1) is 5.41 Å². The monoisotopic (exact) mass is 627 g/mol. The van der Waals surface area contributed by atoms with Gasteiger partial charge in [0.1, 0.15) is 5.82 Å². The molecular formula is C23H24Br3N3O3. The first-order valence-corrected chi connectivity index (χ1v) is 12.4. The van der Waals surface area contributed by atoms with Crippen LogP contribution in [0.3, 0.4) is 0 Å². The summed E-state index contributed by atoms with van der Waals surface area (Å²) in [4.78, 5) is 17.7. The molecule has 3 rings (SSSR count). The average Bonchev–Trinajstić information content (AvgIpc) is 2.74. The molecule has 1 aromatic heterocycles. The van der Waals surface area contributed by atoms with Gasteiger partial charge in [-0.05, 0) is 61.5 Å². The van der Waals surface area contributed by atoms with Gasteiger partial charge in [0.25, 0.3) is 5.56 Å². The largest absolute Gasteiger partial charge is 0.493 e. The SMILES string of the molecule is CCc1nc2ccc(Br)cc2c(=O)n1N=Cc1cc(OC)c(OCC(C)(C)C)c(Br)c1Br. The fraction of sp³-hybridized carbons (Fsp3) is 0.348. The number of benzene rings is 2. The van der Waals surface area contributed by atoms with Crippen molar-refractivity contribution in [3.05, 3.63) is 59.4 Å². The van der Waals surface area contributed by atoms with Crippen LogP contribution in [0.1, 0.15) is 39.1 Å². The van der Waals surface area contributed by atoms with Crippen molar-refractivity contribution in [1.29, 1.82) is 0 Å². The smallest absolute Gasteiger partial charge is 0.282 e. The average molecular weight is 630 g/mol. The van der Waals surface area contributed by atoms with Crippen LogP contribution in [-0.4, -0.2) is 29.6 Å². The Labute approximate surface area is 212 Å². The van der Waals surface area contributed by atoms with Crippen molar-refractivity contribution < 1.29 is 9.47 Å². The Bertz CT molecular complexity index is 1250. The number of rotatable bonds is 6. The normalized spacial score (nSPS) is 12.0. The Morgan fingerprint density at radius 1 is 1.16 bits per heavy atom. The number of hydrogen-bond acceptors (Lipinski definition) is 5. The number of fused-ring (bicyclic) bond motifs is 1. The van der Waals surface area contributed by atoms with Gasteiger partial charge in [0, 0.05) is 20.9 Å². The molecule has 0 bridgehead atoms. The minimum absolute atomic E-state index is 0.00709. The van der Waals surface area contributed by atoms with E-state index in [4.69, 9.17) is 9.47 Å². The standard InChI is InChI=1S/C23H24Br3N3O3/c1-6-18-28-16-8-7-14(24)10-15(16)22(30)29(18)27-11-13-9-17(31-5)21(20(26)19(13)25)32-12-23(2,3)4/h7-11H,6,12H2,1-5H3. The van der Waals surface area contributed by atoms with E-state index in [1.54, 1.807) is 19.4 Å². The van der Waals surface area contributed by atoms with Crippen molar-refractivity contribution in [2.75, 3.05) is 13.7 Å². The van der Waals surface area contributed by atoms with Crippen molar-refractivity contribution in [2.24, 2.45) is 10.5 Å². The Balaban J connectivity index is 2.08. The van der Waals surface area contributed by atoms with Crippen LogP contribution in [0.2, 0.25) is 0 Å². The molecule has 3 aromatic rings. The Morgan fingerprint density at radius 2 is 1.88 bits per heavy atom. The Hall–Kier alpha value is -1.71. The van der Waals surface area contributed by atoms with Gasteiger partial charge in [-0.25, -0.2) is 4.98 Å². The summed E-state index contributed by atoms with van der Waals surface area (Å²) in [5.74, 6) is 1.75. The Kier molecular flexibility index (Phi) is 7.83. The molecule has 0 aliphatic heterocycles. The molecule has 32 heavy (non-hydrogen) atoms. The van der Waals surface area contributed by atoms with Gasteiger partial charge < -0.3 is 9.47 Å². The predicted molar refractivity (Wildman–Crippen MR) is 139 cm³/mol. The molecule has 0 fully saturated rings. The van der Waals surface area contributed by atoms with E-state index in [-0.39, 0.29) is 11.0 Å². The first-order chi connectivity index (χ1) is 15.1. The first-order valence-electron chi connectivity index (χ1n) is 10.00. The molecular weight excluding hydrogens is 606 g/mol. The number of halogens is 3. The first kappa shape index (κ1) is 24.9. The fourth-order valence-corrected chi connectivity index (χ4v) is 4.23. The summed E-state index contributed by atoms with van der Waals surface area (Å²) >= 11 is 10.6. The zero-order valence-electron chi connectivity index (χ0n) is 18.5. The second kappa shape index (κ2) is 10.1. The molecule has 2 aromatic carbocycles. The second-order valence-corrected chi connectivity index (χ2v) is 10.9. The molecule has 0 N–H and O–H groups in total. The topological polar surface area (TPSA) is 65.7 Å². The third-order valence-corrected chi connectivity index (χ3v) is 7.17. The van der Waals surface area contributed by atoms with Crippen LogP contribution in [0.5, 0.6) is 11.5 Å². The summed E-state index contributed by atoms with van der Waals surface area (Å²) in [7, 11) is 1.59. The van der Waals surface area contributed by atoms with E-state index >= 15 is 0 Å². The molecule has 6 nitrogen and oxygen atoms in total. The summed E-state index contributed by atoms with van der Waals surface area (Å²) in [6.45, 7) is 8.76. The van der Waals surface area contributed by atoms with Crippen molar-refractivity contribution >= 4 is 64.9 Å². The minimum Gasteiger partial charge on any atom is -0.493 e. The summed E-state index contributed by atoms with van der Waals surface area (Å²) in [6, 6.07) is 7.26. The van der Waals surface area contributed by atoms with E-state index in [0.29, 0.717) is 45.7 Å². The summed E-state index contributed by atoms with van der Waals surface area (Å²) in [5, 5.41) is 4.97. The fourth-order valence-electron chi connectivity index (χ4n) is 2.94. The number of aryl methyl sites for hydroxylation is 1. The predicted octanol–water partition coefficient (Wildman–Crippen LogP) is 6.56. The van der Waals surface area contributed by atoms with Gasteiger partial charge in [-0.15, -0.1) is 0 Å². The molecule has 0 radical (unpaired) electrons. The van der Waals surface area contributed by atoms with Gasteiger partial charge in [-0.3, -0.25) is 4.79 Å². The quantitative estimate of drug-likeness (QED) is 0.290. The zero-order chi connectivity index (χ0) is 23.6. The maximum Gasteiger partial charge on any atom is 0.282 e. The second-order valence-electron chi connectivity index (χ2n) is 8.38. The van der Waals surface area contributed by atoms with E-state index in [0.717, 1.165) is 14.5 Å². The van der Waals surface area contributed by atoms with Crippen LogP contribution < -0.4 is 15.0 Å². The summed E-state index contributed by atoms with van der Waals surface area (Å²) < 4.78 is 15.2. The third-order valence-electron chi connectivity index (χ3n) is 4.53. The minimum atomic E-state index is -0.225. The third kappa shape index (κ3) is 5.43. The molecule has 1 heterocycles. The van der Waals surface area contributed by atoms with E-state index in [1.807, 2.05) is 25.1 Å². The van der Waals surface area contributed by atoms with E-state index in [9.17, 15) is 4.79 Å². The molecule has 0 spiro atoms. The highest BCUT2D eigenvalue weighted by Crippen LogP contribution is 2.42. The van der Waals surface area contributed by atoms with Crippen molar-refractivity contribution in [2.45, 2.75) is 34.1 Å². The van der Waals surface area contributed by atoms with Crippen molar-refractivity contribution in [1.82, 2.24) is 9.66 Å². The van der Waals surface area contributed by atoms with Crippen molar-refractivity contribution in [3.63, 3.8) is 0 Å². The number of methoxy groups -OCH3 is 1. The molecule has 0 saturated carbocycles. The van der Waals surface area contributed by atoms with Gasteiger partial charge in [0.2, 0.25) is 0 Å². The van der Waals surface area contributed by atoms with Crippen molar-refractivity contribution in [3.8, 4) is 11.5 Å². The number of nitrogens with zero attached hydrogens (tertiary/aromatic N) is 3. The molecule has 0 aliphatic carbocycles. The summed E-state index contributed by atoms with van der Waals surface area (Å²) in [5.41, 5.74) is 1.14. The molecule has 9 heteroatoms. The van der Waals surface area contributed by atoms with E-state index < -0.39 is 0 Å². The number of hydrogen-bond donors (Lipinski definition) is 0. The highest BCUT2D eigenvalue weighted by Gasteiger charge is 2.20. The zero-order valence-corrected chi connectivity index (χ0v) is 23.3. The van der Waals surface area contributed by atoms with Crippen LogP contribution in [0.15, 0.2) is 47.6 Å². The van der Waals surface area contributed by atoms with Gasteiger partial charge in [-0.1, -0.05) is 43.6 Å². The van der Waals surface area contributed by atoms with Crippen LogP contribution >= 0.6 is 47.8 Å². The lowest BCUT2D eigenvalue weighted by Crippen LogP contribution is -2.22. The van der Waals surface area contributed by atoms with Gasteiger partial charge in [0.15, 0.2) is 11.5 Å². The van der Waals surface area contributed by atoms with Gasteiger partial charge in [0.05, 0.1) is 35.3 Å². The molecule has 0 atom stereocenters. The van der Waals surface area contributed by atoms with E-state index in [1.165, 1.54) is 4.68 Å². The highest BCUT2D eigenvalue weighted by atomic mass is 79.9. The molecule has 170 valence electrons.